The van der Waals surface area contributed by atoms with Crippen LogP contribution < -0.4 is 42.5 Å². The summed E-state index contributed by atoms with van der Waals surface area (Å²) in [6, 6.07) is 12.8. The summed E-state index contributed by atoms with van der Waals surface area (Å²) in [7, 11) is 0. The van der Waals surface area contributed by atoms with E-state index in [1.807, 2.05) is 0 Å². The molecular weight excluding hydrogens is 1180 g/mol. The fourth-order valence-corrected chi connectivity index (χ4v) is 10.7. The fourth-order valence-electron chi connectivity index (χ4n) is 10.3. The summed E-state index contributed by atoms with van der Waals surface area (Å²) in [6.45, 7) is 8.47. The summed E-state index contributed by atoms with van der Waals surface area (Å²) in [4.78, 5) is 124. The zero-order valence-electron chi connectivity index (χ0n) is 48.4. The number of H-pyrrole nitrogens is 1. The lowest BCUT2D eigenvalue weighted by Crippen LogP contribution is -2.67. The second-order valence-electron chi connectivity index (χ2n) is 23.1. The molecule has 7 rings (SSSR count). The van der Waals surface area contributed by atoms with E-state index in [0.29, 0.717) is 40.6 Å². The highest BCUT2D eigenvalue weighted by Crippen LogP contribution is 2.37. The van der Waals surface area contributed by atoms with Crippen molar-refractivity contribution in [2.45, 2.75) is 144 Å². The Balaban J connectivity index is 1.08. The van der Waals surface area contributed by atoms with Gasteiger partial charge in [0.1, 0.15) is 36.3 Å². The Morgan fingerprint density at radius 2 is 1.39 bits per heavy atom. The van der Waals surface area contributed by atoms with Crippen molar-refractivity contribution >= 4 is 83.4 Å². The van der Waals surface area contributed by atoms with E-state index in [9.17, 15) is 64.7 Å². The minimum atomic E-state index is -5.14. The molecule has 0 aliphatic carbocycles. The average Bonchev–Trinajstić information content (AvgIpc) is 1.60. The number of hydrogen-bond donors (Lipinski definition) is 10. The number of nitrogens with zero attached hydrogens (tertiary/aromatic N) is 2. The maximum Gasteiger partial charge on any atom is 0.416 e. The van der Waals surface area contributed by atoms with E-state index in [4.69, 9.17) is 10.6 Å². The predicted octanol–water partition coefficient (Wildman–Crippen LogP) is 6.02. The molecule has 9 N–H and O–H groups in total. The van der Waals surface area contributed by atoms with Gasteiger partial charge in [-0.1, -0.05) is 74.5 Å². The number of carbonyl (C=O) groups excluding carboxylic acids is 8. The number of aromatic nitrogens is 1. The second-order valence-corrected chi connectivity index (χ2v) is 25.4. The fraction of sp³-hybridized carbons (Fsp3) is 0.433. The third kappa shape index (κ3) is 17.3. The quantitative estimate of drug-likeness (QED) is 0.0339. The molecule has 7 atom stereocenters. The van der Waals surface area contributed by atoms with Gasteiger partial charge in [0, 0.05) is 52.5 Å². The largest absolute Gasteiger partial charge is 0.416 e. The summed E-state index contributed by atoms with van der Waals surface area (Å²) in [5, 5.41) is 17.1. The first kappa shape index (κ1) is 66.7. The molecule has 2 fully saturated rings. The van der Waals surface area contributed by atoms with Crippen LogP contribution in [0.25, 0.3) is 10.9 Å². The van der Waals surface area contributed by atoms with Crippen LogP contribution in [0.5, 0.6) is 5.75 Å². The first-order valence-electron chi connectivity index (χ1n) is 27.9. The number of halogens is 6. The van der Waals surface area contributed by atoms with Gasteiger partial charge in [0.2, 0.25) is 41.4 Å². The number of nitrogens with one attached hydrogen (secondary N) is 7. The maximum absolute atomic E-state index is 14.9. The van der Waals surface area contributed by atoms with E-state index in [2.05, 4.69) is 62.1 Å². The number of amides is 8. The van der Waals surface area contributed by atoms with Crippen molar-refractivity contribution in [2.75, 3.05) is 13.1 Å². The number of likely N-dealkylation sites (tertiary alicyclic amines) is 1. The number of thiol groups is 2. The third-order valence-corrected chi connectivity index (χ3v) is 15.2. The number of fused-ring (bicyclic) bond motifs is 1. The first-order valence-corrected chi connectivity index (χ1v) is 28.8. The summed E-state index contributed by atoms with van der Waals surface area (Å²) in [5.74, 6) is -6.65. The van der Waals surface area contributed by atoms with E-state index in [-0.39, 0.29) is 55.5 Å². The molecule has 468 valence electrons. The third-order valence-electron chi connectivity index (χ3n) is 14.7. The van der Waals surface area contributed by atoms with E-state index >= 15 is 0 Å². The lowest BCUT2D eigenvalue weighted by Gasteiger charge is -2.41. The van der Waals surface area contributed by atoms with Gasteiger partial charge in [0.05, 0.1) is 17.7 Å². The van der Waals surface area contributed by atoms with Gasteiger partial charge in [-0.2, -0.15) is 56.7 Å². The van der Waals surface area contributed by atoms with Crippen LogP contribution in [-0.4, -0.2) is 121 Å². The van der Waals surface area contributed by atoms with Crippen molar-refractivity contribution in [3.8, 4) is 5.75 Å². The molecule has 19 nitrogen and oxygen atoms in total. The minimum absolute atomic E-state index is 0.0199. The van der Waals surface area contributed by atoms with Crippen LogP contribution in [0.4, 0.5) is 26.3 Å². The molecule has 87 heavy (non-hydrogen) atoms. The minimum Gasteiger partial charge on any atom is -0.376 e. The van der Waals surface area contributed by atoms with Crippen molar-refractivity contribution in [1.29, 1.82) is 0 Å². The Morgan fingerprint density at radius 1 is 0.759 bits per heavy atom. The van der Waals surface area contributed by atoms with Crippen LogP contribution >= 0.6 is 25.3 Å². The Morgan fingerprint density at radius 3 is 2.00 bits per heavy atom. The van der Waals surface area contributed by atoms with Gasteiger partial charge in [-0.25, -0.2) is 0 Å². The summed E-state index contributed by atoms with van der Waals surface area (Å²) in [6.07, 6.45) is -8.33. The highest BCUT2D eigenvalue weighted by molar-refractivity contribution is 7.82. The first-order chi connectivity index (χ1) is 40.7. The van der Waals surface area contributed by atoms with Gasteiger partial charge >= 0.3 is 12.4 Å². The molecule has 0 saturated carbocycles. The second kappa shape index (κ2) is 27.5. The average molecular weight is 1250 g/mol. The standard InChI is InChI=1S/C60H70F6N10O9S2/c1-32(2)23-42(51(79)72-44(27-36-30-68-41-16-11-10-15-40(36)41)50(78)69-29-34-24-37(59(61,62)63)28-38(25-34)60(64,65)66)73-53(81)45-17-12-22-75(45)55(83)47(67)35-18-20-39(21-19-35)85-76-49(58(5,6)87)54(82)70-31-46(77)71-43(26-33-13-8-7-9-14-33)52(80)74-48(56(76)84)57(3,4)86/h7-11,13-16,18-21,24-25,28,30,32,42-45,47-49,68,86-87H,12,17,22-23,26-27,29,31,67H2,1-6H3,(H,69,78)(H,70,82)(H,71,77)(H,72,79)(H,73,81)(H,74,80)/t42-,43-,44-,45-,47-,48-,49-/m0/s1. The molecule has 27 heteroatoms. The van der Waals surface area contributed by atoms with Crippen LogP contribution in [0.3, 0.4) is 0 Å². The lowest BCUT2D eigenvalue weighted by atomic mass is 9.96. The zero-order valence-corrected chi connectivity index (χ0v) is 50.2. The van der Waals surface area contributed by atoms with E-state index < -0.39 is 141 Å². The molecule has 4 aromatic carbocycles. The SMILES string of the molecule is CC(C)C[C@H](NC(=O)[C@@H]1CCCN1C(=O)[C@@H](N)c1ccc(ON2C(=O)[C@@H](C(C)(C)S)NC(=O)[C@H](Cc3ccccc3)NC(=O)CNC(=O)[C@H]2C(C)(C)S)cc1)C(=O)N[C@@H](Cc1c[nH]c2ccccc12)C(=O)NCc1cc(C(F)(F)F)cc(C(F)(F)F)c1. The molecule has 2 aliphatic heterocycles. The lowest BCUT2D eigenvalue weighted by molar-refractivity contribution is -0.176. The van der Waals surface area contributed by atoms with E-state index in [1.54, 1.807) is 88.5 Å². The van der Waals surface area contributed by atoms with Crippen molar-refractivity contribution < 1.29 is 69.5 Å². The molecule has 8 amide bonds. The summed E-state index contributed by atoms with van der Waals surface area (Å²) < 4.78 is 79.7. The number of para-hydroxylation sites is 1. The van der Waals surface area contributed by atoms with Gasteiger partial charge in [-0.05, 0) is 112 Å². The number of rotatable bonds is 19. The number of nitrogens with two attached hydrogens (primary N) is 1. The van der Waals surface area contributed by atoms with E-state index in [1.165, 1.54) is 43.0 Å². The van der Waals surface area contributed by atoms with Gasteiger partial charge in [-0.3, -0.25) is 38.4 Å². The molecule has 2 saturated heterocycles. The van der Waals surface area contributed by atoms with Crippen LogP contribution in [0.1, 0.15) is 100 Å². The van der Waals surface area contributed by atoms with Gasteiger partial charge in [0.15, 0.2) is 11.8 Å². The molecule has 1 aromatic heterocycles. The van der Waals surface area contributed by atoms with E-state index in [0.717, 1.165) is 5.06 Å². The molecule has 5 aromatic rings. The summed E-state index contributed by atoms with van der Waals surface area (Å²) in [5.41, 5.74) is 5.06. The van der Waals surface area contributed by atoms with Crippen molar-refractivity contribution in [1.82, 2.24) is 46.8 Å². The molecule has 3 heterocycles. The Kier molecular flexibility index (Phi) is 21.1. The highest BCUT2D eigenvalue weighted by Gasteiger charge is 2.48. The topological polar surface area (TPSA) is 266 Å². The Labute approximate surface area is 509 Å². The normalized spacial score (nSPS) is 19.4. The smallest absolute Gasteiger partial charge is 0.376 e. The number of benzene rings is 4. The van der Waals surface area contributed by atoms with Gasteiger partial charge in [-0.15, -0.1) is 0 Å². The number of alkyl halides is 6. The Hall–Kier alpha value is -7.78. The predicted molar refractivity (Wildman–Crippen MR) is 316 cm³/mol. The van der Waals surface area contributed by atoms with Gasteiger partial charge < -0.3 is 52.4 Å². The highest BCUT2D eigenvalue weighted by atomic mass is 32.1. The summed E-state index contributed by atoms with van der Waals surface area (Å²) >= 11 is 9.34. The van der Waals surface area contributed by atoms with Crippen LogP contribution in [0, 0.1) is 5.92 Å². The van der Waals surface area contributed by atoms with Crippen LogP contribution in [-0.2, 0) is 70.1 Å². The number of aromatic amines is 1. The molecule has 0 unspecified atom stereocenters. The monoisotopic (exact) mass is 1250 g/mol. The van der Waals surface area contributed by atoms with Crippen molar-refractivity contribution in [3.05, 3.63) is 137 Å². The van der Waals surface area contributed by atoms with Crippen LogP contribution in [0.15, 0.2) is 103 Å². The number of hydroxylamine groups is 2. The zero-order chi connectivity index (χ0) is 63.9. The van der Waals surface area contributed by atoms with Gasteiger partial charge in [0.25, 0.3) is 5.91 Å². The van der Waals surface area contributed by atoms with Crippen molar-refractivity contribution in [3.63, 3.8) is 0 Å². The Bertz CT molecular complexity index is 3300. The molecule has 0 bridgehead atoms. The number of hydrogen-bond acceptors (Lipinski definition) is 12. The number of carbonyl (C=O) groups is 8. The molecular formula is C60H70F6N10O9S2. The van der Waals surface area contributed by atoms with Crippen molar-refractivity contribution in [2.24, 2.45) is 11.7 Å². The molecule has 0 spiro atoms. The molecule has 0 radical (unpaired) electrons. The van der Waals surface area contributed by atoms with Crippen LogP contribution in [0.2, 0.25) is 0 Å². The maximum atomic E-state index is 14.9. The molecule has 2 aliphatic rings.